The molecule has 1 atom stereocenters. The van der Waals surface area contributed by atoms with Gasteiger partial charge < -0.3 is 16.3 Å². The molecule has 90 valence electrons. The number of amidine groups is 1. The summed E-state index contributed by atoms with van der Waals surface area (Å²) in [4.78, 5) is 1.37. The average Bonchev–Trinajstić information content (AvgIpc) is 2.73. The minimum absolute atomic E-state index is 0.211. The number of rotatable bonds is 6. The molecule has 1 unspecified atom stereocenters. The molecule has 1 heterocycles. The lowest BCUT2D eigenvalue weighted by atomic mass is 10.2. The smallest absolute Gasteiger partial charge is 0.140 e. The van der Waals surface area contributed by atoms with Gasteiger partial charge in [-0.05, 0) is 30.4 Å². The van der Waals surface area contributed by atoms with Crippen LogP contribution >= 0.6 is 11.3 Å². The molecule has 1 aromatic heterocycles. The molecule has 1 aromatic rings. The van der Waals surface area contributed by atoms with Gasteiger partial charge in [0.05, 0.1) is 0 Å². The minimum atomic E-state index is 0.211. The molecule has 0 saturated heterocycles. The molecule has 4 nitrogen and oxygen atoms in total. The topological polar surface area (TPSA) is 70.6 Å². The Bertz CT molecular complexity index is 349. The van der Waals surface area contributed by atoms with E-state index in [1.807, 2.05) is 6.92 Å². The molecular formula is C11H19N3OS. The third-order valence-electron chi connectivity index (χ3n) is 2.47. The van der Waals surface area contributed by atoms with Crippen LogP contribution in [0.5, 0.6) is 0 Å². The molecular weight excluding hydrogens is 222 g/mol. The van der Waals surface area contributed by atoms with E-state index in [1.54, 1.807) is 11.3 Å². The first kappa shape index (κ1) is 13.0. The predicted molar refractivity (Wildman–Crippen MR) is 68.0 cm³/mol. The molecule has 0 radical (unpaired) electrons. The maximum Gasteiger partial charge on any atom is 0.140 e. The van der Waals surface area contributed by atoms with Crippen molar-refractivity contribution in [1.29, 1.82) is 0 Å². The van der Waals surface area contributed by atoms with Crippen LogP contribution in [0.4, 0.5) is 0 Å². The molecule has 1 rings (SSSR count). The zero-order valence-corrected chi connectivity index (χ0v) is 10.5. The van der Waals surface area contributed by atoms with E-state index in [1.165, 1.54) is 10.4 Å². The van der Waals surface area contributed by atoms with E-state index >= 15 is 0 Å². The third kappa shape index (κ3) is 3.83. The summed E-state index contributed by atoms with van der Waals surface area (Å²) in [5.74, 6) is 0.266. The highest BCUT2D eigenvalue weighted by Gasteiger charge is 2.07. The van der Waals surface area contributed by atoms with Gasteiger partial charge >= 0.3 is 0 Å². The van der Waals surface area contributed by atoms with Crippen LogP contribution < -0.4 is 11.1 Å². The van der Waals surface area contributed by atoms with Gasteiger partial charge in [0.2, 0.25) is 0 Å². The maximum absolute atomic E-state index is 8.46. The van der Waals surface area contributed by atoms with Gasteiger partial charge in [0.1, 0.15) is 5.84 Å². The highest BCUT2D eigenvalue weighted by Crippen LogP contribution is 2.17. The second kappa shape index (κ2) is 6.50. The standard InChI is InChI=1S/C11H19N3OS/c1-3-9-4-5-16-10(9)7-13-8(2)6-11(12)14-15/h4-5,8,13,15H,3,6-7H2,1-2H3,(H2,12,14). The van der Waals surface area contributed by atoms with Gasteiger partial charge in [-0.2, -0.15) is 0 Å². The van der Waals surface area contributed by atoms with Crippen molar-refractivity contribution in [2.24, 2.45) is 10.9 Å². The third-order valence-corrected chi connectivity index (χ3v) is 3.44. The van der Waals surface area contributed by atoms with Gasteiger partial charge in [-0.3, -0.25) is 0 Å². The first-order chi connectivity index (χ1) is 7.67. The summed E-state index contributed by atoms with van der Waals surface area (Å²) < 4.78 is 0. The predicted octanol–water partition coefficient (Wildman–Crippen LogP) is 1.93. The van der Waals surface area contributed by atoms with Crippen LogP contribution in [0.2, 0.25) is 0 Å². The summed E-state index contributed by atoms with van der Waals surface area (Å²) in [6, 6.07) is 2.37. The Morgan fingerprint density at radius 3 is 3.06 bits per heavy atom. The molecule has 0 aliphatic rings. The van der Waals surface area contributed by atoms with E-state index in [0.29, 0.717) is 6.42 Å². The molecule has 0 bridgehead atoms. The van der Waals surface area contributed by atoms with E-state index in [9.17, 15) is 0 Å². The van der Waals surface area contributed by atoms with Gasteiger partial charge in [0, 0.05) is 23.9 Å². The minimum Gasteiger partial charge on any atom is -0.409 e. The molecule has 0 aromatic carbocycles. The highest BCUT2D eigenvalue weighted by atomic mass is 32.1. The van der Waals surface area contributed by atoms with Crippen molar-refractivity contribution in [1.82, 2.24) is 5.32 Å². The fourth-order valence-corrected chi connectivity index (χ4v) is 2.46. The Hall–Kier alpha value is -1.07. The Kier molecular flexibility index (Phi) is 5.28. The summed E-state index contributed by atoms with van der Waals surface area (Å²) in [7, 11) is 0. The van der Waals surface area contributed by atoms with Crippen molar-refractivity contribution in [3.63, 3.8) is 0 Å². The summed E-state index contributed by atoms with van der Waals surface area (Å²) >= 11 is 1.77. The highest BCUT2D eigenvalue weighted by molar-refractivity contribution is 7.10. The number of nitrogens with one attached hydrogen (secondary N) is 1. The van der Waals surface area contributed by atoms with Crippen molar-refractivity contribution in [3.05, 3.63) is 21.9 Å². The van der Waals surface area contributed by atoms with Crippen LogP contribution in [0, 0.1) is 0 Å². The van der Waals surface area contributed by atoms with Crippen molar-refractivity contribution in [2.75, 3.05) is 0 Å². The SMILES string of the molecule is CCc1ccsc1CNC(C)CC(N)=NO. The second-order valence-corrected chi connectivity index (χ2v) is 4.80. The maximum atomic E-state index is 8.46. The van der Waals surface area contributed by atoms with E-state index in [4.69, 9.17) is 10.9 Å². The van der Waals surface area contributed by atoms with Crippen LogP contribution in [-0.4, -0.2) is 17.1 Å². The van der Waals surface area contributed by atoms with Crippen molar-refractivity contribution >= 4 is 17.2 Å². The molecule has 0 amide bonds. The van der Waals surface area contributed by atoms with Gasteiger partial charge in [0.25, 0.3) is 0 Å². The molecule has 5 heteroatoms. The molecule has 0 spiro atoms. The lowest BCUT2D eigenvalue weighted by molar-refractivity contribution is 0.316. The fraction of sp³-hybridized carbons (Fsp3) is 0.545. The first-order valence-electron chi connectivity index (χ1n) is 5.42. The van der Waals surface area contributed by atoms with Crippen molar-refractivity contribution < 1.29 is 5.21 Å². The normalized spacial score (nSPS) is 14.0. The van der Waals surface area contributed by atoms with Gasteiger partial charge in [0.15, 0.2) is 0 Å². The fourth-order valence-electron chi connectivity index (χ4n) is 1.53. The Morgan fingerprint density at radius 2 is 2.44 bits per heavy atom. The molecule has 0 aliphatic heterocycles. The van der Waals surface area contributed by atoms with E-state index in [0.717, 1.165) is 13.0 Å². The Balaban J connectivity index is 2.39. The van der Waals surface area contributed by atoms with Gasteiger partial charge in [-0.25, -0.2) is 0 Å². The van der Waals surface area contributed by atoms with Crippen LogP contribution in [0.15, 0.2) is 16.6 Å². The molecule has 0 aliphatic carbocycles. The second-order valence-electron chi connectivity index (χ2n) is 3.80. The molecule has 16 heavy (non-hydrogen) atoms. The lowest BCUT2D eigenvalue weighted by Crippen LogP contribution is -2.30. The molecule has 0 saturated carbocycles. The zero-order valence-electron chi connectivity index (χ0n) is 9.73. The summed E-state index contributed by atoms with van der Waals surface area (Å²) in [6.45, 7) is 5.03. The van der Waals surface area contributed by atoms with Crippen molar-refractivity contribution in [2.45, 2.75) is 39.3 Å². The number of thiophene rings is 1. The Morgan fingerprint density at radius 1 is 1.69 bits per heavy atom. The number of nitrogens with two attached hydrogens (primary N) is 1. The number of nitrogens with zero attached hydrogens (tertiary/aromatic N) is 1. The van der Waals surface area contributed by atoms with Crippen LogP contribution in [0.25, 0.3) is 0 Å². The quantitative estimate of drug-likeness (QED) is 0.308. The van der Waals surface area contributed by atoms with E-state index in [-0.39, 0.29) is 11.9 Å². The first-order valence-corrected chi connectivity index (χ1v) is 6.30. The molecule has 4 N–H and O–H groups in total. The summed E-state index contributed by atoms with van der Waals surface area (Å²) in [6.07, 6.45) is 1.62. The number of hydrogen-bond acceptors (Lipinski definition) is 4. The van der Waals surface area contributed by atoms with Crippen LogP contribution in [0.3, 0.4) is 0 Å². The zero-order chi connectivity index (χ0) is 12.0. The van der Waals surface area contributed by atoms with Gasteiger partial charge in [-0.15, -0.1) is 11.3 Å². The number of oxime groups is 1. The van der Waals surface area contributed by atoms with Crippen LogP contribution in [-0.2, 0) is 13.0 Å². The monoisotopic (exact) mass is 241 g/mol. The lowest BCUT2D eigenvalue weighted by Gasteiger charge is -2.12. The summed E-state index contributed by atoms with van der Waals surface area (Å²) in [5, 5.41) is 16.9. The van der Waals surface area contributed by atoms with Gasteiger partial charge in [-0.1, -0.05) is 12.1 Å². The number of aryl methyl sites for hydroxylation is 1. The van der Waals surface area contributed by atoms with E-state index < -0.39 is 0 Å². The molecule has 0 fully saturated rings. The largest absolute Gasteiger partial charge is 0.409 e. The summed E-state index contributed by atoms with van der Waals surface area (Å²) in [5.41, 5.74) is 6.84. The number of hydrogen-bond donors (Lipinski definition) is 3. The van der Waals surface area contributed by atoms with E-state index in [2.05, 4.69) is 28.8 Å². The average molecular weight is 241 g/mol. The Labute approximate surface area is 100 Å². The van der Waals surface area contributed by atoms with Crippen LogP contribution in [0.1, 0.15) is 30.7 Å². The van der Waals surface area contributed by atoms with Crippen molar-refractivity contribution in [3.8, 4) is 0 Å².